The molecular formula is C20H29N3O3. The normalized spacial score (nSPS) is 13.7. The SMILES string of the molecule is CCN(C(=O)CN(CCC(N)=O)c1ccc(OC)cc1)C1=CCCCC1. The van der Waals surface area contributed by atoms with E-state index in [0.717, 1.165) is 36.4 Å². The molecule has 0 heterocycles. The maximum atomic E-state index is 12.9. The molecule has 26 heavy (non-hydrogen) atoms. The molecule has 1 aromatic carbocycles. The highest BCUT2D eigenvalue weighted by atomic mass is 16.5. The minimum absolute atomic E-state index is 0.0425. The fourth-order valence-corrected chi connectivity index (χ4v) is 3.19. The monoisotopic (exact) mass is 359 g/mol. The summed E-state index contributed by atoms with van der Waals surface area (Å²) in [4.78, 5) is 27.9. The number of hydrogen-bond acceptors (Lipinski definition) is 4. The minimum atomic E-state index is -0.377. The molecule has 6 nitrogen and oxygen atoms in total. The Morgan fingerprint density at radius 2 is 1.92 bits per heavy atom. The number of methoxy groups -OCH3 is 1. The molecule has 0 radical (unpaired) electrons. The molecule has 0 saturated carbocycles. The van der Waals surface area contributed by atoms with Gasteiger partial charge in [0.15, 0.2) is 0 Å². The van der Waals surface area contributed by atoms with Gasteiger partial charge in [-0.3, -0.25) is 9.59 Å². The molecule has 0 aromatic heterocycles. The van der Waals surface area contributed by atoms with E-state index in [4.69, 9.17) is 10.5 Å². The van der Waals surface area contributed by atoms with Crippen LogP contribution in [-0.4, -0.2) is 43.5 Å². The number of rotatable bonds is 9. The Bertz CT molecular complexity index is 640. The summed E-state index contributed by atoms with van der Waals surface area (Å²) >= 11 is 0. The number of nitrogens with zero attached hydrogens (tertiary/aromatic N) is 2. The predicted molar refractivity (Wildman–Crippen MR) is 103 cm³/mol. The molecule has 2 rings (SSSR count). The predicted octanol–water partition coefficient (Wildman–Crippen LogP) is 2.68. The molecule has 142 valence electrons. The molecule has 1 aromatic rings. The number of primary amides is 1. The van der Waals surface area contributed by atoms with Gasteiger partial charge >= 0.3 is 0 Å². The van der Waals surface area contributed by atoms with E-state index in [1.165, 1.54) is 6.42 Å². The number of allylic oxidation sites excluding steroid dienone is 2. The Labute approximate surface area is 155 Å². The average Bonchev–Trinajstić information content (AvgIpc) is 2.66. The fraction of sp³-hybridized carbons (Fsp3) is 0.500. The first kappa shape index (κ1) is 19.8. The van der Waals surface area contributed by atoms with Gasteiger partial charge in [-0.25, -0.2) is 0 Å². The Kier molecular flexibility index (Phi) is 7.51. The molecule has 2 amide bonds. The summed E-state index contributed by atoms with van der Waals surface area (Å²) in [5.41, 5.74) is 7.30. The molecule has 0 saturated heterocycles. The van der Waals surface area contributed by atoms with Crippen molar-refractivity contribution < 1.29 is 14.3 Å². The van der Waals surface area contributed by atoms with Crippen LogP contribution in [0.15, 0.2) is 36.0 Å². The second kappa shape index (κ2) is 9.85. The third-order valence-corrected chi connectivity index (χ3v) is 4.62. The van der Waals surface area contributed by atoms with E-state index < -0.39 is 0 Å². The Balaban J connectivity index is 2.14. The highest BCUT2D eigenvalue weighted by Crippen LogP contribution is 2.23. The third-order valence-electron chi connectivity index (χ3n) is 4.62. The lowest BCUT2D eigenvalue weighted by Crippen LogP contribution is -2.41. The minimum Gasteiger partial charge on any atom is -0.497 e. The van der Waals surface area contributed by atoms with Crippen molar-refractivity contribution in [2.45, 2.75) is 39.0 Å². The van der Waals surface area contributed by atoms with E-state index in [2.05, 4.69) is 6.08 Å². The Morgan fingerprint density at radius 3 is 2.46 bits per heavy atom. The molecule has 0 aliphatic heterocycles. The van der Waals surface area contributed by atoms with Crippen LogP contribution in [0.5, 0.6) is 5.75 Å². The molecule has 1 aliphatic carbocycles. The van der Waals surface area contributed by atoms with Crippen LogP contribution in [0, 0.1) is 0 Å². The van der Waals surface area contributed by atoms with Crippen LogP contribution in [0.1, 0.15) is 39.0 Å². The van der Waals surface area contributed by atoms with Gasteiger partial charge < -0.3 is 20.3 Å². The van der Waals surface area contributed by atoms with Gasteiger partial charge in [0.1, 0.15) is 5.75 Å². The summed E-state index contributed by atoms with van der Waals surface area (Å²) in [6, 6.07) is 7.48. The van der Waals surface area contributed by atoms with Gasteiger partial charge in [-0.15, -0.1) is 0 Å². The molecule has 0 unspecified atom stereocenters. The van der Waals surface area contributed by atoms with Crippen molar-refractivity contribution in [2.75, 3.05) is 31.6 Å². The third kappa shape index (κ3) is 5.51. The zero-order valence-electron chi connectivity index (χ0n) is 15.7. The maximum Gasteiger partial charge on any atom is 0.246 e. The van der Waals surface area contributed by atoms with Gasteiger partial charge in [0.25, 0.3) is 0 Å². The maximum absolute atomic E-state index is 12.9. The summed E-state index contributed by atoms with van der Waals surface area (Å²) in [6.07, 6.45) is 6.66. The quantitative estimate of drug-likeness (QED) is 0.735. The van der Waals surface area contributed by atoms with Crippen LogP contribution in [0.2, 0.25) is 0 Å². The summed E-state index contributed by atoms with van der Waals surface area (Å²) < 4.78 is 5.19. The van der Waals surface area contributed by atoms with Crippen LogP contribution in [0.25, 0.3) is 0 Å². The second-order valence-corrected chi connectivity index (χ2v) is 6.42. The molecule has 1 aliphatic rings. The van der Waals surface area contributed by atoms with E-state index in [9.17, 15) is 9.59 Å². The number of likely N-dealkylation sites (N-methyl/N-ethyl adjacent to an activating group) is 1. The molecular weight excluding hydrogens is 330 g/mol. The lowest BCUT2D eigenvalue weighted by molar-refractivity contribution is -0.128. The molecule has 0 atom stereocenters. The number of nitrogens with two attached hydrogens (primary N) is 1. The Hall–Kier alpha value is -2.50. The van der Waals surface area contributed by atoms with Crippen LogP contribution >= 0.6 is 0 Å². The summed E-state index contributed by atoms with van der Waals surface area (Å²) in [5, 5.41) is 0. The van der Waals surface area contributed by atoms with Crippen molar-refractivity contribution in [3.8, 4) is 5.75 Å². The van der Waals surface area contributed by atoms with Crippen LogP contribution in [0.4, 0.5) is 5.69 Å². The van der Waals surface area contributed by atoms with E-state index in [0.29, 0.717) is 13.1 Å². The number of amides is 2. The molecule has 0 bridgehead atoms. The van der Waals surface area contributed by atoms with Crippen molar-refractivity contribution in [3.05, 3.63) is 36.0 Å². The van der Waals surface area contributed by atoms with E-state index >= 15 is 0 Å². The van der Waals surface area contributed by atoms with E-state index in [1.807, 2.05) is 41.0 Å². The molecule has 0 spiro atoms. The Morgan fingerprint density at radius 1 is 1.19 bits per heavy atom. The average molecular weight is 359 g/mol. The van der Waals surface area contributed by atoms with Crippen LogP contribution in [-0.2, 0) is 9.59 Å². The summed E-state index contributed by atoms with van der Waals surface area (Å²) in [6.45, 7) is 3.26. The first-order valence-electron chi connectivity index (χ1n) is 9.21. The van der Waals surface area contributed by atoms with Crippen molar-refractivity contribution in [3.63, 3.8) is 0 Å². The number of carbonyl (C=O) groups is 2. The molecule has 0 fully saturated rings. The number of hydrogen-bond donors (Lipinski definition) is 1. The zero-order chi connectivity index (χ0) is 18.9. The lowest BCUT2D eigenvalue weighted by Gasteiger charge is -2.30. The van der Waals surface area contributed by atoms with Crippen LogP contribution in [0.3, 0.4) is 0 Å². The van der Waals surface area contributed by atoms with Crippen molar-refractivity contribution in [1.82, 2.24) is 4.90 Å². The number of carbonyl (C=O) groups excluding carboxylic acids is 2. The van der Waals surface area contributed by atoms with Crippen molar-refractivity contribution in [2.24, 2.45) is 5.73 Å². The topological polar surface area (TPSA) is 75.9 Å². The van der Waals surface area contributed by atoms with Gasteiger partial charge in [0.05, 0.1) is 13.7 Å². The smallest absolute Gasteiger partial charge is 0.246 e. The first-order valence-corrected chi connectivity index (χ1v) is 9.21. The van der Waals surface area contributed by atoms with Crippen LogP contribution < -0.4 is 15.4 Å². The van der Waals surface area contributed by atoms with Gasteiger partial charge in [-0.2, -0.15) is 0 Å². The number of ether oxygens (including phenoxy) is 1. The van der Waals surface area contributed by atoms with Gasteiger partial charge in [-0.05, 0) is 56.9 Å². The second-order valence-electron chi connectivity index (χ2n) is 6.42. The number of anilines is 1. The highest BCUT2D eigenvalue weighted by molar-refractivity contribution is 5.83. The van der Waals surface area contributed by atoms with E-state index in [-0.39, 0.29) is 24.8 Å². The zero-order valence-corrected chi connectivity index (χ0v) is 15.7. The van der Waals surface area contributed by atoms with Gasteiger partial charge in [-0.1, -0.05) is 6.08 Å². The van der Waals surface area contributed by atoms with E-state index in [1.54, 1.807) is 7.11 Å². The standard InChI is InChI=1S/C20H29N3O3/c1-3-23(17-7-5-4-6-8-17)20(25)15-22(14-13-19(21)24)16-9-11-18(26-2)12-10-16/h7,9-12H,3-6,8,13-15H2,1-2H3,(H2,21,24). The lowest BCUT2D eigenvalue weighted by atomic mass is 10.0. The van der Waals surface area contributed by atoms with Crippen molar-refractivity contribution >= 4 is 17.5 Å². The van der Waals surface area contributed by atoms with Gasteiger partial charge in [0, 0.05) is 30.9 Å². The summed E-state index contributed by atoms with van der Waals surface area (Å²) in [7, 11) is 1.61. The summed E-state index contributed by atoms with van der Waals surface area (Å²) in [5.74, 6) is 0.414. The molecule has 2 N–H and O–H groups in total. The van der Waals surface area contributed by atoms with Gasteiger partial charge in [0.2, 0.25) is 11.8 Å². The highest BCUT2D eigenvalue weighted by Gasteiger charge is 2.21. The largest absolute Gasteiger partial charge is 0.497 e. The molecule has 6 heteroatoms. The van der Waals surface area contributed by atoms with Crippen molar-refractivity contribution in [1.29, 1.82) is 0 Å². The number of benzene rings is 1. The fourth-order valence-electron chi connectivity index (χ4n) is 3.19. The first-order chi connectivity index (χ1) is 12.5.